The van der Waals surface area contributed by atoms with Crippen LogP contribution >= 0.6 is 23.2 Å². The molecule has 0 spiro atoms. The van der Waals surface area contributed by atoms with Crippen LogP contribution in [0.1, 0.15) is 56.7 Å². The van der Waals surface area contributed by atoms with Gasteiger partial charge in [-0.25, -0.2) is 0 Å². The molecule has 0 bridgehead atoms. The number of nitrogens with zero attached hydrogens (tertiary/aromatic N) is 1. The van der Waals surface area contributed by atoms with Crippen LogP contribution in [-0.2, 0) is 4.79 Å². The van der Waals surface area contributed by atoms with Crippen molar-refractivity contribution in [1.29, 1.82) is 0 Å². The molecule has 1 unspecified atom stereocenters. The van der Waals surface area contributed by atoms with Crippen LogP contribution in [0.5, 0.6) is 0 Å². The van der Waals surface area contributed by atoms with Crippen molar-refractivity contribution in [2.75, 3.05) is 6.61 Å². The molecule has 0 radical (unpaired) electrons. The first-order valence-electron chi connectivity index (χ1n) is 10.8. The monoisotopic (exact) mass is 459 g/mol. The van der Waals surface area contributed by atoms with Gasteiger partial charge in [-0.2, -0.15) is 0 Å². The van der Waals surface area contributed by atoms with Crippen LogP contribution < -0.4 is 0 Å². The summed E-state index contributed by atoms with van der Waals surface area (Å²) in [5, 5.41) is 11.6. The first-order chi connectivity index (χ1) is 14.7. The van der Waals surface area contributed by atoms with Gasteiger partial charge in [-0.05, 0) is 54.2 Å². The topological polar surface area (TPSA) is 40.5 Å². The van der Waals surface area contributed by atoms with Gasteiger partial charge in [0.25, 0.3) is 0 Å². The molecule has 166 valence electrons. The molecule has 1 amide bonds. The molecule has 3 rings (SSSR count). The standard InChI is InChI=1S/C26H31Cl2NO2/c1-5-13-26(4)15-22(19-7-6-8-21(28)14-19)24(18-9-11-20(27)12-10-18)29(25(26)31)23(16-30)17(2)3/h5-12,14,17,22-24,30H,1,13,15-16H2,2-4H3/t22-,23?,24-,26+/m1/s1. The van der Waals surface area contributed by atoms with Crippen LogP contribution in [0.25, 0.3) is 0 Å². The summed E-state index contributed by atoms with van der Waals surface area (Å²) < 4.78 is 0. The quantitative estimate of drug-likeness (QED) is 0.470. The fraction of sp³-hybridized carbons (Fsp3) is 0.423. The molecular weight excluding hydrogens is 429 g/mol. The Hall–Kier alpha value is -1.81. The number of benzene rings is 2. The highest BCUT2D eigenvalue weighted by atomic mass is 35.5. The van der Waals surface area contributed by atoms with Crippen molar-refractivity contribution in [3.63, 3.8) is 0 Å². The first kappa shape index (κ1) is 23.8. The van der Waals surface area contributed by atoms with Crippen molar-refractivity contribution in [2.24, 2.45) is 11.3 Å². The van der Waals surface area contributed by atoms with Gasteiger partial charge in [0.05, 0.1) is 24.1 Å². The summed E-state index contributed by atoms with van der Waals surface area (Å²) in [5.74, 6) is 0.156. The second kappa shape index (κ2) is 9.77. The Morgan fingerprint density at radius 3 is 2.39 bits per heavy atom. The summed E-state index contributed by atoms with van der Waals surface area (Å²) in [4.78, 5) is 15.9. The summed E-state index contributed by atoms with van der Waals surface area (Å²) in [6, 6.07) is 15.0. The van der Waals surface area contributed by atoms with Gasteiger partial charge < -0.3 is 10.0 Å². The van der Waals surface area contributed by atoms with Crippen LogP contribution in [0.15, 0.2) is 61.2 Å². The third-order valence-corrected chi connectivity index (χ3v) is 6.99. The van der Waals surface area contributed by atoms with E-state index >= 15 is 0 Å². The molecule has 0 saturated carbocycles. The smallest absolute Gasteiger partial charge is 0.229 e. The van der Waals surface area contributed by atoms with Crippen molar-refractivity contribution >= 4 is 29.1 Å². The highest BCUT2D eigenvalue weighted by Crippen LogP contribution is 2.52. The molecule has 4 atom stereocenters. The van der Waals surface area contributed by atoms with E-state index in [0.29, 0.717) is 22.9 Å². The average molecular weight is 460 g/mol. The molecule has 0 aromatic heterocycles. The van der Waals surface area contributed by atoms with Crippen LogP contribution in [0.2, 0.25) is 10.0 Å². The number of hydrogen-bond acceptors (Lipinski definition) is 2. The number of aliphatic hydroxyl groups excluding tert-OH is 1. The minimum absolute atomic E-state index is 0.00956. The maximum Gasteiger partial charge on any atom is 0.229 e. The Balaban J connectivity index is 2.24. The number of hydrogen-bond donors (Lipinski definition) is 1. The largest absolute Gasteiger partial charge is 0.394 e. The van der Waals surface area contributed by atoms with Crippen LogP contribution in [0, 0.1) is 11.3 Å². The molecule has 0 aliphatic carbocycles. The maximum absolute atomic E-state index is 14.0. The number of piperidine rings is 1. The minimum Gasteiger partial charge on any atom is -0.394 e. The highest BCUT2D eigenvalue weighted by Gasteiger charge is 2.51. The Kier molecular flexibility index (Phi) is 7.51. The van der Waals surface area contributed by atoms with Crippen molar-refractivity contribution in [3.05, 3.63) is 82.4 Å². The number of likely N-dealkylation sites (tertiary alicyclic amines) is 1. The van der Waals surface area contributed by atoms with E-state index < -0.39 is 5.41 Å². The van der Waals surface area contributed by atoms with Gasteiger partial charge in [-0.3, -0.25) is 4.79 Å². The average Bonchev–Trinajstić information content (AvgIpc) is 2.72. The molecule has 3 nitrogen and oxygen atoms in total. The van der Waals surface area contributed by atoms with Gasteiger partial charge in [0.15, 0.2) is 0 Å². The fourth-order valence-electron chi connectivity index (χ4n) is 4.87. The zero-order valence-corrected chi connectivity index (χ0v) is 19.9. The molecule has 2 aromatic rings. The molecule has 2 aromatic carbocycles. The summed E-state index contributed by atoms with van der Waals surface area (Å²) >= 11 is 12.5. The maximum atomic E-state index is 14.0. The molecule has 1 aliphatic rings. The number of carbonyl (C=O) groups is 1. The van der Waals surface area contributed by atoms with E-state index in [4.69, 9.17) is 23.2 Å². The first-order valence-corrected chi connectivity index (χ1v) is 11.5. The second-order valence-electron chi connectivity index (χ2n) is 9.12. The lowest BCUT2D eigenvalue weighted by atomic mass is 9.66. The van der Waals surface area contributed by atoms with E-state index in [1.54, 1.807) is 0 Å². The van der Waals surface area contributed by atoms with Gasteiger partial charge >= 0.3 is 0 Å². The molecule has 31 heavy (non-hydrogen) atoms. The van der Waals surface area contributed by atoms with Gasteiger partial charge in [0.1, 0.15) is 0 Å². The third kappa shape index (κ3) is 4.84. The van der Waals surface area contributed by atoms with E-state index in [-0.39, 0.29) is 36.4 Å². The Morgan fingerprint density at radius 2 is 1.84 bits per heavy atom. The van der Waals surface area contributed by atoms with Gasteiger partial charge in [0.2, 0.25) is 5.91 Å². The predicted octanol–water partition coefficient (Wildman–Crippen LogP) is 6.65. The summed E-state index contributed by atoms with van der Waals surface area (Å²) in [6.07, 6.45) is 3.05. The summed E-state index contributed by atoms with van der Waals surface area (Å²) in [7, 11) is 0. The van der Waals surface area contributed by atoms with Crippen molar-refractivity contribution in [3.8, 4) is 0 Å². The van der Waals surface area contributed by atoms with Crippen LogP contribution in [-0.4, -0.2) is 28.6 Å². The second-order valence-corrected chi connectivity index (χ2v) is 9.99. The zero-order valence-electron chi connectivity index (χ0n) is 18.4. The van der Waals surface area contributed by atoms with E-state index in [1.807, 2.05) is 74.2 Å². The van der Waals surface area contributed by atoms with Gasteiger partial charge in [-0.15, -0.1) is 6.58 Å². The minimum atomic E-state index is -0.611. The molecule has 1 N–H and O–H groups in total. The number of halogens is 2. The Bertz CT molecular complexity index is 927. The number of carbonyl (C=O) groups excluding carboxylic acids is 1. The number of amides is 1. The SMILES string of the molecule is C=CC[C@@]1(C)C[C@H](c2cccc(Cl)c2)[C@@H](c2ccc(Cl)cc2)N(C(CO)C(C)C)C1=O. The molecule has 1 saturated heterocycles. The van der Waals surface area contributed by atoms with Gasteiger partial charge in [-0.1, -0.05) is 74.3 Å². The summed E-state index contributed by atoms with van der Waals surface area (Å²) in [5.41, 5.74) is 1.48. The molecule has 1 fully saturated rings. The van der Waals surface area contributed by atoms with Gasteiger partial charge in [0, 0.05) is 16.0 Å². The molecular formula is C26H31Cl2NO2. The van der Waals surface area contributed by atoms with E-state index in [0.717, 1.165) is 11.1 Å². The van der Waals surface area contributed by atoms with Crippen molar-refractivity contribution in [2.45, 2.75) is 51.6 Å². The Labute approximate surface area is 195 Å². The van der Waals surface area contributed by atoms with Crippen LogP contribution in [0.3, 0.4) is 0 Å². The molecule has 5 heteroatoms. The number of aliphatic hydroxyl groups is 1. The van der Waals surface area contributed by atoms with E-state index in [9.17, 15) is 9.90 Å². The fourth-order valence-corrected chi connectivity index (χ4v) is 5.20. The lowest BCUT2D eigenvalue weighted by Gasteiger charge is -2.52. The number of rotatable bonds is 7. The highest BCUT2D eigenvalue weighted by molar-refractivity contribution is 6.30. The number of allylic oxidation sites excluding steroid dienone is 1. The molecule has 1 heterocycles. The van der Waals surface area contributed by atoms with E-state index in [2.05, 4.69) is 12.6 Å². The lowest BCUT2D eigenvalue weighted by molar-refractivity contribution is -0.157. The Morgan fingerprint density at radius 1 is 1.16 bits per heavy atom. The van der Waals surface area contributed by atoms with E-state index in [1.165, 1.54) is 0 Å². The summed E-state index contributed by atoms with van der Waals surface area (Å²) in [6.45, 7) is 9.90. The van der Waals surface area contributed by atoms with Crippen LogP contribution in [0.4, 0.5) is 0 Å². The zero-order chi connectivity index (χ0) is 22.8. The van der Waals surface area contributed by atoms with Crippen molar-refractivity contribution < 1.29 is 9.90 Å². The predicted molar refractivity (Wildman–Crippen MR) is 128 cm³/mol. The third-order valence-electron chi connectivity index (χ3n) is 6.50. The normalized spacial score (nSPS) is 25.0. The van der Waals surface area contributed by atoms with Crippen molar-refractivity contribution in [1.82, 2.24) is 4.90 Å². The molecule has 1 aliphatic heterocycles. The lowest BCUT2D eigenvalue weighted by Crippen LogP contribution is -2.57.